The minimum atomic E-state index is 0.441. The predicted octanol–water partition coefficient (Wildman–Crippen LogP) is 4.31. The van der Waals surface area contributed by atoms with E-state index in [2.05, 4.69) is 45.1 Å². The Bertz CT molecular complexity index is 942. The number of nitrogens with one attached hydrogen (secondary N) is 2. The molecule has 1 aromatic carbocycles. The molecule has 0 atom stereocenters. The number of rotatable bonds is 6. The summed E-state index contributed by atoms with van der Waals surface area (Å²) in [5, 5.41) is 15.7. The van der Waals surface area contributed by atoms with Gasteiger partial charge in [0.15, 0.2) is 5.96 Å². The molecule has 0 bridgehead atoms. The summed E-state index contributed by atoms with van der Waals surface area (Å²) >= 11 is 7.78. The number of aromatic nitrogens is 2. The Labute approximate surface area is 186 Å². The number of hydrogen-bond donors (Lipinski definition) is 2. The van der Waals surface area contributed by atoms with Gasteiger partial charge in [-0.3, -0.25) is 0 Å². The Balaban J connectivity index is 1.33. The number of guanidine groups is 1. The highest BCUT2D eigenvalue weighted by molar-refractivity contribution is 7.14. The van der Waals surface area contributed by atoms with Crippen LogP contribution >= 0.6 is 22.9 Å². The van der Waals surface area contributed by atoms with Crippen LogP contribution in [0.3, 0.4) is 0 Å². The van der Waals surface area contributed by atoms with Crippen LogP contribution in [0.15, 0.2) is 59.2 Å². The SMILES string of the molecule is CCNC(=NCc1cnn(-c2ccc(Cl)cc2)c1)NC1CCN(c2cccs2)CC1. The van der Waals surface area contributed by atoms with Crippen molar-refractivity contribution < 1.29 is 0 Å². The first kappa shape index (κ1) is 20.8. The van der Waals surface area contributed by atoms with Crippen LogP contribution in [0.5, 0.6) is 0 Å². The van der Waals surface area contributed by atoms with Gasteiger partial charge in [0.25, 0.3) is 0 Å². The van der Waals surface area contributed by atoms with Gasteiger partial charge in [0.05, 0.1) is 23.4 Å². The molecule has 8 heteroatoms. The first-order valence-corrected chi connectivity index (χ1v) is 11.6. The molecule has 0 spiro atoms. The molecule has 3 heterocycles. The molecule has 0 radical (unpaired) electrons. The topological polar surface area (TPSA) is 57.5 Å². The average Bonchev–Trinajstić information content (AvgIpc) is 3.46. The van der Waals surface area contributed by atoms with Crippen LogP contribution in [-0.2, 0) is 6.54 Å². The zero-order valence-corrected chi connectivity index (χ0v) is 18.7. The largest absolute Gasteiger partial charge is 0.363 e. The third-order valence-electron chi connectivity index (χ3n) is 5.14. The summed E-state index contributed by atoms with van der Waals surface area (Å²) in [5.41, 5.74) is 2.05. The van der Waals surface area contributed by atoms with Crippen molar-refractivity contribution in [2.45, 2.75) is 32.4 Å². The van der Waals surface area contributed by atoms with Gasteiger partial charge in [0.1, 0.15) is 0 Å². The predicted molar refractivity (Wildman–Crippen MR) is 126 cm³/mol. The van der Waals surface area contributed by atoms with Gasteiger partial charge >= 0.3 is 0 Å². The van der Waals surface area contributed by atoms with Gasteiger partial charge in [-0.2, -0.15) is 5.10 Å². The highest BCUT2D eigenvalue weighted by atomic mass is 35.5. The number of aliphatic imine (C=N–C) groups is 1. The number of nitrogens with zero attached hydrogens (tertiary/aromatic N) is 4. The van der Waals surface area contributed by atoms with Crippen molar-refractivity contribution in [1.82, 2.24) is 20.4 Å². The van der Waals surface area contributed by atoms with Crippen molar-refractivity contribution in [2.24, 2.45) is 4.99 Å². The fraction of sp³-hybridized carbons (Fsp3) is 0.364. The van der Waals surface area contributed by atoms with Crippen LogP contribution < -0.4 is 15.5 Å². The van der Waals surface area contributed by atoms with E-state index in [0.29, 0.717) is 12.6 Å². The monoisotopic (exact) mass is 442 g/mol. The van der Waals surface area contributed by atoms with Crippen molar-refractivity contribution in [2.75, 3.05) is 24.5 Å². The molecule has 1 saturated heterocycles. The first-order valence-electron chi connectivity index (χ1n) is 10.3. The minimum Gasteiger partial charge on any atom is -0.363 e. The van der Waals surface area contributed by atoms with E-state index in [-0.39, 0.29) is 0 Å². The fourth-order valence-electron chi connectivity index (χ4n) is 3.55. The number of hydrogen-bond acceptors (Lipinski definition) is 4. The van der Waals surface area contributed by atoms with Gasteiger partial charge in [0.2, 0.25) is 0 Å². The third kappa shape index (κ3) is 5.34. The molecule has 4 rings (SSSR count). The molecule has 1 fully saturated rings. The molecule has 0 saturated carbocycles. The number of thiophene rings is 1. The Morgan fingerprint density at radius 1 is 1.23 bits per heavy atom. The second-order valence-corrected chi connectivity index (χ2v) is 8.68. The summed E-state index contributed by atoms with van der Waals surface area (Å²) in [7, 11) is 0. The van der Waals surface area contributed by atoms with E-state index in [9.17, 15) is 0 Å². The lowest BCUT2D eigenvalue weighted by Crippen LogP contribution is -2.48. The summed E-state index contributed by atoms with van der Waals surface area (Å²) in [5.74, 6) is 0.867. The molecule has 1 aliphatic rings. The summed E-state index contributed by atoms with van der Waals surface area (Å²) in [6.45, 7) is 5.66. The van der Waals surface area contributed by atoms with Gasteiger partial charge in [-0.25, -0.2) is 9.67 Å². The van der Waals surface area contributed by atoms with Gasteiger partial charge in [-0.15, -0.1) is 11.3 Å². The zero-order chi connectivity index (χ0) is 20.8. The molecule has 6 nitrogen and oxygen atoms in total. The Hall–Kier alpha value is -2.51. The maximum Gasteiger partial charge on any atom is 0.191 e. The molecule has 2 aromatic heterocycles. The highest BCUT2D eigenvalue weighted by Crippen LogP contribution is 2.24. The second-order valence-electron chi connectivity index (χ2n) is 7.32. The number of benzene rings is 1. The van der Waals surface area contributed by atoms with Crippen LogP contribution in [0, 0.1) is 0 Å². The summed E-state index contributed by atoms with van der Waals surface area (Å²) in [6.07, 6.45) is 6.09. The molecule has 0 amide bonds. The molecular formula is C22H27ClN6S. The Morgan fingerprint density at radius 3 is 2.73 bits per heavy atom. The average molecular weight is 443 g/mol. The maximum absolute atomic E-state index is 5.97. The van der Waals surface area contributed by atoms with Crippen LogP contribution in [0.1, 0.15) is 25.3 Å². The smallest absolute Gasteiger partial charge is 0.191 e. The van der Waals surface area contributed by atoms with Crippen molar-refractivity contribution >= 4 is 33.9 Å². The summed E-state index contributed by atoms with van der Waals surface area (Å²) in [6, 6.07) is 12.4. The molecule has 30 heavy (non-hydrogen) atoms. The molecule has 1 aliphatic heterocycles. The molecule has 0 aliphatic carbocycles. The van der Waals surface area contributed by atoms with E-state index in [0.717, 1.165) is 54.7 Å². The van der Waals surface area contributed by atoms with Crippen molar-refractivity contribution in [1.29, 1.82) is 0 Å². The van der Waals surface area contributed by atoms with Gasteiger partial charge in [0, 0.05) is 42.5 Å². The lowest BCUT2D eigenvalue weighted by Gasteiger charge is -2.33. The van der Waals surface area contributed by atoms with E-state index in [4.69, 9.17) is 16.6 Å². The third-order valence-corrected chi connectivity index (χ3v) is 6.33. The maximum atomic E-state index is 5.97. The normalized spacial score (nSPS) is 15.4. The Kier molecular flexibility index (Phi) is 6.92. The van der Waals surface area contributed by atoms with Crippen molar-refractivity contribution in [3.63, 3.8) is 0 Å². The Morgan fingerprint density at radius 2 is 2.03 bits per heavy atom. The van der Waals surface area contributed by atoms with Crippen LogP contribution in [0.2, 0.25) is 5.02 Å². The van der Waals surface area contributed by atoms with Crippen LogP contribution in [-0.4, -0.2) is 41.4 Å². The molecular weight excluding hydrogens is 416 g/mol. The van der Waals surface area contributed by atoms with E-state index >= 15 is 0 Å². The molecule has 0 unspecified atom stereocenters. The van der Waals surface area contributed by atoms with Crippen molar-refractivity contribution in [3.05, 3.63) is 64.8 Å². The van der Waals surface area contributed by atoms with Gasteiger partial charge < -0.3 is 15.5 Å². The fourth-order valence-corrected chi connectivity index (χ4v) is 4.47. The van der Waals surface area contributed by atoms with E-state index in [1.165, 1.54) is 5.00 Å². The second kappa shape index (κ2) is 10.00. The first-order chi connectivity index (χ1) is 14.7. The molecule has 3 aromatic rings. The molecule has 158 valence electrons. The summed E-state index contributed by atoms with van der Waals surface area (Å²) in [4.78, 5) is 7.25. The van der Waals surface area contributed by atoms with Crippen molar-refractivity contribution in [3.8, 4) is 5.69 Å². The standard InChI is InChI=1S/C22H27ClN6S/c1-2-24-22(27-19-9-11-28(12-10-19)21-4-3-13-30-21)25-14-17-15-26-29(16-17)20-7-5-18(23)6-8-20/h3-8,13,15-16,19H,2,9-12,14H2,1H3,(H2,24,25,27). The summed E-state index contributed by atoms with van der Waals surface area (Å²) < 4.78 is 1.85. The number of piperidine rings is 1. The van der Waals surface area contributed by atoms with Crippen LogP contribution in [0.4, 0.5) is 5.00 Å². The lowest BCUT2D eigenvalue weighted by atomic mass is 10.1. The van der Waals surface area contributed by atoms with Gasteiger partial charge in [-0.1, -0.05) is 11.6 Å². The highest BCUT2D eigenvalue weighted by Gasteiger charge is 2.20. The quantitative estimate of drug-likeness (QED) is 0.441. The lowest BCUT2D eigenvalue weighted by molar-refractivity contribution is 0.463. The minimum absolute atomic E-state index is 0.441. The molecule has 2 N–H and O–H groups in total. The van der Waals surface area contributed by atoms with E-state index in [1.807, 2.05) is 52.7 Å². The van der Waals surface area contributed by atoms with Crippen LogP contribution in [0.25, 0.3) is 5.69 Å². The number of halogens is 1. The van der Waals surface area contributed by atoms with E-state index < -0.39 is 0 Å². The zero-order valence-electron chi connectivity index (χ0n) is 17.1. The van der Waals surface area contributed by atoms with E-state index in [1.54, 1.807) is 0 Å². The number of anilines is 1. The van der Waals surface area contributed by atoms with Gasteiger partial charge in [-0.05, 0) is 61.5 Å².